The number of ketones is 1. The third-order valence-corrected chi connectivity index (χ3v) is 20.4. The molecule has 0 radical (unpaired) electrons. The lowest BCUT2D eigenvalue weighted by Gasteiger charge is -2.78. The number of Topliss-reactive ketones (excluding diaryl/α,β-unsaturated/α-hetero) is 1. The summed E-state index contributed by atoms with van der Waals surface area (Å²) in [5.74, 6) is 14.2. The van der Waals surface area contributed by atoms with Gasteiger partial charge in [-0.1, -0.05) is 79.0 Å². The largest absolute Gasteiger partial charge is 0.504 e. The van der Waals surface area contributed by atoms with Gasteiger partial charge in [0.1, 0.15) is 5.78 Å². The molecule has 356 valence electrons. The van der Waals surface area contributed by atoms with Crippen molar-refractivity contribution in [1.29, 1.82) is 0 Å². The molecule has 0 amide bonds. The summed E-state index contributed by atoms with van der Waals surface area (Å²) in [6.45, 7) is 0.145. The summed E-state index contributed by atoms with van der Waals surface area (Å²) in [5, 5.41) is 75.0. The summed E-state index contributed by atoms with van der Waals surface area (Å²) >= 11 is 0. The maximum Gasteiger partial charge on any atom is 0.160 e. The molecule has 7 N–H and O–H groups in total. The lowest BCUT2D eigenvalue weighted by atomic mass is 9.25. The molecule has 4 bridgehead atoms. The number of carbonyl (C=O) groups is 1. The maximum absolute atomic E-state index is 15.1. The Morgan fingerprint density at radius 3 is 2.54 bits per heavy atom. The molecule has 8 aliphatic carbocycles. The third kappa shape index (κ3) is 6.14. The van der Waals surface area contributed by atoms with Gasteiger partial charge in [0.15, 0.2) is 23.0 Å². The zero-order valence-corrected chi connectivity index (χ0v) is 39.4. The number of benzene rings is 3. The second-order valence-corrected chi connectivity index (χ2v) is 22.9. The van der Waals surface area contributed by atoms with Gasteiger partial charge in [0.05, 0.1) is 30.8 Å². The van der Waals surface area contributed by atoms with E-state index in [4.69, 9.17) is 4.74 Å². The summed E-state index contributed by atoms with van der Waals surface area (Å²) < 4.78 is 5.59. The van der Waals surface area contributed by atoms with Crippen molar-refractivity contribution < 1.29 is 40.2 Å². The predicted molar refractivity (Wildman–Crippen MR) is 258 cm³/mol. The number of aromatic hydroxyl groups is 3. The van der Waals surface area contributed by atoms with Crippen LogP contribution in [0.15, 0.2) is 66.2 Å². The van der Waals surface area contributed by atoms with E-state index in [-0.39, 0.29) is 76.9 Å². The lowest BCUT2D eigenvalue weighted by molar-refractivity contribution is -0.192. The molecule has 1 heterocycles. The minimum atomic E-state index is -1.12. The van der Waals surface area contributed by atoms with E-state index in [2.05, 4.69) is 47.2 Å². The molecule has 68 heavy (non-hydrogen) atoms. The monoisotopic (exact) mass is 917 g/mol. The van der Waals surface area contributed by atoms with Gasteiger partial charge in [0, 0.05) is 66.4 Å². The first-order valence-corrected chi connectivity index (χ1v) is 25.9. The minimum Gasteiger partial charge on any atom is -0.504 e. The molecular formula is C59H67NO8. The summed E-state index contributed by atoms with van der Waals surface area (Å²) in [6, 6.07) is 16.9. The normalized spacial score (nSPS) is 40.7. The van der Waals surface area contributed by atoms with Gasteiger partial charge < -0.3 is 40.7 Å². The molecule has 0 aromatic heterocycles. The zero-order chi connectivity index (χ0) is 46.8. The van der Waals surface area contributed by atoms with Crippen LogP contribution < -0.4 is 10.1 Å². The predicted octanol–water partition coefficient (Wildman–Crippen LogP) is 8.61. The number of piperidine rings is 1. The first kappa shape index (κ1) is 44.4. The molecule has 3 aromatic rings. The molecule has 4 spiro atoms. The summed E-state index contributed by atoms with van der Waals surface area (Å²) in [6.07, 6.45) is 14.8. The Hall–Kier alpha value is -4.77. The van der Waals surface area contributed by atoms with Gasteiger partial charge in [-0.25, -0.2) is 0 Å². The number of allylic oxidation sites excluding steroid dienone is 2. The van der Waals surface area contributed by atoms with Crippen molar-refractivity contribution in [2.24, 2.45) is 45.8 Å². The van der Waals surface area contributed by atoms with Crippen LogP contribution in [0.4, 0.5) is 0 Å². The number of carbonyl (C=O) groups excluding carboxylic acids is 1. The Bertz CT molecular complexity index is 2710. The fourth-order valence-electron chi connectivity index (χ4n) is 17.8. The van der Waals surface area contributed by atoms with E-state index in [9.17, 15) is 30.6 Å². The van der Waals surface area contributed by atoms with Gasteiger partial charge in [-0.05, 0) is 146 Å². The molecule has 9 nitrogen and oxygen atoms in total. The van der Waals surface area contributed by atoms with Crippen molar-refractivity contribution in [3.8, 4) is 46.7 Å². The smallest absolute Gasteiger partial charge is 0.160 e. The van der Waals surface area contributed by atoms with Crippen molar-refractivity contribution in [3.05, 3.63) is 94.1 Å². The number of hydrogen-bond donors (Lipinski definition) is 7. The molecule has 3 aromatic carbocycles. The maximum atomic E-state index is 15.1. The second-order valence-electron chi connectivity index (χ2n) is 22.9. The molecular weight excluding hydrogens is 851 g/mol. The highest BCUT2D eigenvalue weighted by Gasteiger charge is 2.81. The summed E-state index contributed by atoms with van der Waals surface area (Å²) in [5.41, 5.74) is 2.85. The van der Waals surface area contributed by atoms with E-state index in [0.29, 0.717) is 36.4 Å². The van der Waals surface area contributed by atoms with Crippen LogP contribution in [0.25, 0.3) is 0 Å². The average molecular weight is 918 g/mol. The number of hydrogen-bond acceptors (Lipinski definition) is 9. The van der Waals surface area contributed by atoms with Gasteiger partial charge >= 0.3 is 0 Å². The van der Waals surface area contributed by atoms with Crippen LogP contribution in [0, 0.1) is 69.5 Å². The number of aliphatic hydroxyl groups excluding tert-OH is 2. The van der Waals surface area contributed by atoms with E-state index in [0.717, 1.165) is 100 Å². The van der Waals surface area contributed by atoms with Crippen LogP contribution in [-0.4, -0.2) is 67.8 Å². The number of phenolic OH excluding ortho intramolecular Hbond substituents is 3. The second kappa shape index (κ2) is 16.1. The molecule has 4 saturated carbocycles. The summed E-state index contributed by atoms with van der Waals surface area (Å²) in [7, 11) is 1.49. The van der Waals surface area contributed by atoms with Gasteiger partial charge in [-0.2, -0.15) is 0 Å². The van der Waals surface area contributed by atoms with Crippen molar-refractivity contribution in [2.75, 3.05) is 13.7 Å². The van der Waals surface area contributed by atoms with Crippen LogP contribution in [0.3, 0.4) is 0 Å². The van der Waals surface area contributed by atoms with Gasteiger partial charge in [-0.15, -0.1) is 5.92 Å². The van der Waals surface area contributed by atoms with Gasteiger partial charge in [0.25, 0.3) is 0 Å². The van der Waals surface area contributed by atoms with Crippen molar-refractivity contribution in [2.45, 2.75) is 151 Å². The Kier molecular flexibility index (Phi) is 10.5. The Morgan fingerprint density at radius 1 is 0.882 bits per heavy atom. The van der Waals surface area contributed by atoms with E-state index in [1.54, 1.807) is 6.07 Å². The number of ether oxygens (including phenoxy) is 1. The quantitative estimate of drug-likeness (QED) is 0.0756. The average Bonchev–Trinajstić information content (AvgIpc) is 3.74. The molecule has 5 fully saturated rings. The molecule has 1 aliphatic heterocycles. The van der Waals surface area contributed by atoms with E-state index >= 15 is 4.79 Å². The molecule has 12 rings (SSSR count). The van der Waals surface area contributed by atoms with E-state index < -0.39 is 46.2 Å². The number of fused-ring (bicyclic) bond motifs is 5. The van der Waals surface area contributed by atoms with Crippen LogP contribution in [0.1, 0.15) is 142 Å². The Morgan fingerprint density at radius 2 is 1.72 bits per heavy atom. The molecule has 9 aliphatic rings. The van der Waals surface area contributed by atoms with Crippen molar-refractivity contribution in [1.82, 2.24) is 5.32 Å². The zero-order valence-electron chi connectivity index (χ0n) is 39.4. The first-order valence-electron chi connectivity index (χ1n) is 25.9. The number of rotatable bonds is 5. The topological polar surface area (TPSA) is 160 Å². The van der Waals surface area contributed by atoms with E-state index in [1.165, 1.54) is 18.7 Å². The van der Waals surface area contributed by atoms with Crippen molar-refractivity contribution >= 4 is 5.78 Å². The minimum absolute atomic E-state index is 0.0497. The van der Waals surface area contributed by atoms with Crippen molar-refractivity contribution in [3.63, 3.8) is 0 Å². The Balaban J connectivity index is 1.11. The molecule has 1 saturated heterocycles. The fraction of sp³-hybridized carbons (Fsp3) is 0.576. The number of methoxy groups -OCH3 is 1. The van der Waals surface area contributed by atoms with Gasteiger partial charge in [0.2, 0.25) is 0 Å². The van der Waals surface area contributed by atoms with E-state index in [1.807, 2.05) is 30.3 Å². The summed E-state index contributed by atoms with van der Waals surface area (Å²) in [4.78, 5) is 15.1. The van der Waals surface area contributed by atoms with Crippen LogP contribution in [0.2, 0.25) is 0 Å². The van der Waals surface area contributed by atoms with Crippen LogP contribution in [0.5, 0.6) is 23.0 Å². The molecule has 0 unspecified atom stereocenters. The highest BCUT2D eigenvalue weighted by atomic mass is 16.5. The Labute approximate surface area is 400 Å². The molecule has 9 heteroatoms. The number of nitrogens with one attached hydrogen (secondary N) is 1. The molecule has 14 atom stereocenters. The highest BCUT2D eigenvalue weighted by molar-refractivity contribution is 5.80. The first-order chi connectivity index (χ1) is 32.9. The SMILES string of the molecule is COc1cc([C@@H]2CC(=O)C[C@H](O)[C@@H]3[C@H](C#C[C@@H]2Cc2ccccc2)CN[C@H]2CC[C@]45C[C@]67CCC[C@@H]6C=C4CC[C@@]4(O)CCCC[C@@H]4CC#C[C@@]54C[C@@H]7c5cc(O)c(O)cc5[C@@]324)c(CO)cc1O. The lowest BCUT2D eigenvalue weighted by Crippen LogP contribution is -2.79. The fourth-order valence-corrected chi connectivity index (χ4v) is 17.8. The van der Waals surface area contributed by atoms with Gasteiger partial charge in [-0.3, -0.25) is 4.79 Å². The highest BCUT2D eigenvalue weighted by Crippen LogP contribution is 2.84. The van der Waals surface area contributed by atoms with Crippen LogP contribution >= 0.6 is 0 Å². The van der Waals surface area contributed by atoms with Crippen LogP contribution in [-0.2, 0) is 23.2 Å². The third-order valence-electron chi connectivity index (χ3n) is 20.4. The number of phenols is 3. The standard InChI is InChI=1S/C59H67NO8/c1-68-52-29-44(38(33-61)24-50(52)65)43-26-42(62)27-51(66)54-37(15-14-36(43)23-35-9-3-2-4-10-35)32-60-53-17-21-56-34-55-18-7-13-40(55)25-41(56)16-22-57(67)19-6-5-11-39(57)12-8-20-58(56)31-47(55)45-28-48(63)49(64)30-46(45)59(53,54)58/h2-4,9-10,24-25,28-30,36-37,39-40,43,47,51,53-54,60-61,63-67H,5-7,11-13,16-19,21-23,26-27,31-34H2,1H3/t36-,37-,39-,40-,43-,47-,51+,53+,54+,55-,56+,57+,58-,59+/m1/s1. The number of aliphatic hydroxyl groups is 3.